The Morgan fingerprint density at radius 3 is 2.55 bits per heavy atom. The molecule has 31 heavy (non-hydrogen) atoms. The number of carbonyl (C=O) groups is 1. The van der Waals surface area contributed by atoms with Crippen molar-refractivity contribution in [2.45, 2.75) is 13.2 Å². The molecule has 0 unspecified atom stereocenters. The lowest BCUT2D eigenvalue weighted by atomic mass is 10.2. The van der Waals surface area contributed by atoms with Gasteiger partial charge in [0.2, 0.25) is 0 Å². The van der Waals surface area contributed by atoms with Crippen LogP contribution in [0.3, 0.4) is 0 Å². The first kappa shape index (κ1) is 21.3. The van der Waals surface area contributed by atoms with E-state index >= 15 is 0 Å². The van der Waals surface area contributed by atoms with Gasteiger partial charge in [0.25, 0.3) is 5.91 Å². The summed E-state index contributed by atoms with van der Waals surface area (Å²) < 4.78 is 12.9. The number of ether oxygens (including phenoxy) is 1. The molecule has 4 aromatic rings. The minimum atomic E-state index is -0.395. The summed E-state index contributed by atoms with van der Waals surface area (Å²) in [5.41, 5.74) is 1.68. The van der Waals surface area contributed by atoms with Crippen LogP contribution in [0.1, 0.15) is 21.9 Å². The Morgan fingerprint density at radius 2 is 1.81 bits per heavy atom. The van der Waals surface area contributed by atoms with Gasteiger partial charge in [0, 0.05) is 11.2 Å². The second-order valence-electron chi connectivity index (χ2n) is 6.62. The van der Waals surface area contributed by atoms with Crippen molar-refractivity contribution in [2.75, 3.05) is 5.32 Å². The molecule has 0 fully saturated rings. The van der Waals surface area contributed by atoms with Crippen LogP contribution in [0, 0.1) is 0 Å². The maximum atomic E-state index is 12.5. The van der Waals surface area contributed by atoms with E-state index in [2.05, 4.69) is 10.4 Å². The third kappa shape index (κ3) is 5.41. The number of aromatic nitrogens is 2. The fourth-order valence-electron chi connectivity index (χ4n) is 2.87. The zero-order valence-corrected chi connectivity index (χ0v) is 18.3. The van der Waals surface area contributed by atoms with Crippen LogP contribution in [0.2, 0.25) is 15.1 Å². The Bertz CT molecular complexity index is 1180. The van der Waals surface area contributed by atoms with Crippen LogP contribution in [0.25, 0.3) is 0 Å². The summed E-state index contributed by atoms with van der Waals surface area (Å²) in [4.78, 5) is 12.5. The standard InChI is InChI=1S/C22H16Cl3N3O3/c23-15-8-18(24)21(19(25)9-15)30-13-17-6-7-20(31-17)22(29)27-16-10-26-28(12-16)11-14-4-2-1-3-5-14/h1-10,12H,11,13H2,(H,27,29). The van der Waals surface area contributed by atoms with Crippen molar-refractivity contribution in [1.29, 1.82) is 0 Å². The fourth-order valence-corrected chi connectivity index (χ4v) is 3.79. The second kappa shape index (κ2) is 9.47. The van der Waals surface area contributed by atoms with Gasteiger partial charge >= 0.3 is 0 Å². The van der Waals surface area contributed by atoms with E-state index in [-0.39, 0.29) is 22.4 Å². The summed E-state index contributed by atoms with van der Waals surface area (Å²) in [6, 6.07) is 16.2. The molecule has 2 aromatic carbocycles. The van der Waals surface area contributed by atoms with Gasteiger partial charge in [-0.15, -0.1) is 0 Å². The van der Waals surface area contributed by atoms with E-state index in [1.807, 2.05) is 30.3 Å². The minimum Gasteiger partial charge on any atom is -0.483 e. The van der Waals surface area contributed by atoms with E-state index in [1.165, 1.54) is 12.1 Å². The predicted molar refractivity (Wildman–Crippen MR) is 120 cm³/mol. The lowest BCUT2D eigenvalue weighted by Crippen LogP contribution is -2.10. The highest BCUT2D eigenvalue weighted by atomic mass is 35.5. The molecule has 4 rings (SSSR count). The third-order valence-corrected chi connectivity index (χ3v) is 5.07. The summed E-state index contributed by atoms with van der Waals surface area (Å²) in [7, 11) is 0. The molecule has 6 nitrogen and oxygen atoms in total. The summed E-state index contributed by atoms with van der Waals surface area (Å²) >= 11 is 18.1. The van der Waals surface area contributed by atoms with E-state index in [0.29, 0.717) is 28.8 Å². The number of nitrogens with one attached hydrogen (secondary N) is 1. The van der Waals surface area contributed by atoms with Crippen molar-refractivity contribution < 1.29 is 13.9 Å². The van der Waals surface area contributed by atoms with E-state index in [4.69, 9.17) is 44.0 Å². The molecule has 1 amide bonds. The van der Waals surface area contributed by atoms with Crippen molar-refractivity contribution in [2.24, 2.45) is 0 Å². The van der Waals surface area contributed by atoms with Gasteiger partial charge < -0.3 is 14.5 Å². The van der Waals surface area contributed by atoms with Gasteiger partial charge in [0.05, 0.1) is 28.5 Å². The van der Waals surface area contributed by atoms with Crippen LogP contribution in [0.5, 0.6) is 5.75 Å². The largest absolute Gasteiger partial charge is 0.483 e. The number of hydrogen-bond acceptors (Lipinski definition) is 4. The molecule has 9 heteroatoms. The van der Waals surface area contributed by atoms with E-state index in [0.717, 1.165) is 5.56 Å². The van der Waals surface area contributed by atoms with E-state index in [9.17, 15) is 4.79 Å². The second-order valence-corrected chi connectivity index (χ2v) is 7.87. The van der Waals surface area contributed by atoms with Crippen molar-refractivity contribution in [3.8, 4) is 5.75 Å². The Morgan fingerprint density at radius 1 is 1.06 bits per heavy atom. The molecule has 158 valence electrons. The Hall–Kier alpha value is -2.93. The van der Waals surface area contributed by atoms with E-state index < -0.39 is 5.91 Å². The van der Waals surface area contributed by atoms with Crippen LogP contribution < -0.4 is 10.1 Å². The zero-order valence-electron chi connectivity index (χ0n) is 16.0. The third-order valence-electron chi connectivity index (χ3n) is 4.29. The number of nitrogens with zero attached hydrogens (tertiary/aromatic N) is 2. The maximum Gasteiger partial charge on any atom is 0.291 e. The van der Waals surface area contributed by atoms with Crippen molar-refractivity contribution in [3.63, 3.8) is 0 Å². The fraction of sp³-hybridized carbons (Fsp3) is 0.0909. The number of furan rings is 1. The monoisotopic (exact) mass is 475 g/mol. The molecule has 0 aliphatic rings. The molecule has 0 saturated heterocycles. The first-order chi connectivity index (χ1) is 15.0. The summed E-state index contributed by atoms with van der Waals surface area (Å²) in [5, 5.41) is 8.01. The lowest BCUT2D eigenvalue weighted by Gasteiger charge is -2.09. The first-order valence-corrected chi connectivity index (χ1v) is 10.3. The molecule has 0 saturated carbocycles. The van der Waals surface area contributed by atoms with Gasteiger partial charge in [0.15, 0.2) is 11.5 Å². The van der Waals surface area contributed by atoms with Crippen molar-refractivity contribution >= 4 is 46.4 Å². The SMILES string of the molecule is O=C(Nc1cnn(Cc2ccccc2)c1)c1ccc(COc2c(Cl)cc(Cl)cc2Cl)o1. The number of anilines is 1. The molecule has 2 aromatic heterocycles. The van der Waals surface area contributed by atoms with Crippen LogP contribution in [0.4, 0.5) is 5.69 Å². The average molecular weight is 477 g/mol. The van der Waals surface area contributed by atoms with Crippen molar-refractivity contribution in [3.05, 3.63) is 99.1 Å². The predicted octanol–water partition coefficient (Wildman–Crippen LogP) is 6.32. The smallest absolute Gasteiger partial charge is 0.291 e. The molecular formula is C22H16Cl3N3O3. The van der Waals surface area contributed by atoms with Gasteiger partial charge in [-0.25, -0.2) is 0 Å². The topological polar surface area (TPSA) is 69.3 Å². The molecule has 1 N–H and O–H groups in total. The number of halogens is 3. The average Bonchev–Trinajstić information content (AvgIpc) is 3.38. The molecule has 0 atom stereocenters. The van der Waals surface area contributed by atoms with Crippen LogP contribution >= 0.6 is 34.8 Å². The van der Waals surface area contributed by atoms with Crippen molar-refractivity contribution in [1.82, 2.24) is 9.78 Å². The van der Waals surface area contributed by atoms with Gasteiger partial charge in [-0.3, -0.25) is 9.48 Å². The van der Waals surface area contributed by atoms with Gasteiger partial charge in [-0.2, -0.15) is 5.10 Å². The molecule has 0 aliphatic heterocycles. The van der Waals surface area contributed by atoms with E-state index in [1.54, 1.807) is 29.2 Å². The first-order valence-electron chi connectivity index (χ1n) is 9.22. The van der Waals surface area contributed by atoms with Gasteiger partial charge in [-0.1, -0.05) is 65.1 Å². The lowest BCUT2D eigenvalue weighted by molar-refractivity contribution is 0.0992. The van der Waals surface area contributed by atoms with Crippen LogP contribution in [0.15, 0.2) is 71.4 Å². The Kier molecular flexibility index (Phi) is 6.51. The quantitative estimate of drug-likeness (QED) is 0.339. The number of hydrogen-bond donors (Lipinski definition) is 1. The molecule has 0 bridgehead atoms. The highest BCUT2D eigenvalue weighted by Crippen LogP contribution is 2.36. The number of amides is 1. The zero-order chi connectivity index (χ0) is 21.8. The number of benzene rings is 2. The number of rotatable bonds is 7. The van der Waals surface area contributed by atoms with Crippen LogP contribution in [-0.4, -0.2) is 15.7 Å². The van der Waals surface area contributed by atoms with Gasteiger partial charge in [-0.05, 0) is 29.8 Å². The maximum absolute atomic E-state index is 12.5. The number of carbonyl (C=O) groups excluding carboxylic acids is 1. The summed E-state index contributed by atoms with van der Waals surface area (Å²) in [5.74, 6) is 0.476. The molecule has 0 spiro atoms. The highest BCUT2D eigenvalue weighted by Gasteiger charge is 2.15. The Balaban J connectivity index is 1.35. The normalized spacial score (nSPS) is 10.8. The summed E-state index contributed by atoms with van der Waals surface area (Å²) in [6.45, 7) is 0.651. The summed E-state index contributed by atoms with van der Waals surface area (Å²) in [6.07, 6.45) is 3.33. The molecule has 0 radical (unpaired) electrons. The molecular weight excluding hydrogens is 461 g/mol. The van der Waals surface area contributed by atoms with Crippen LogP contribution in [-0.2, 0) is 13.2 Å². The molecule has 0 aliphatic carbocycles. The Labute approximate surface area is 193 Å². The highest BCUT2D eigenvalue weighted by molar-refractivity contribution is 6.40. The molecule has 2 heterocycles. The minimum absolute atomic E-state index is 0.0450. The van der Waals surface area contributed by atoms with Gasteiger partial charge in [0.1, 0.15) is 12.4 Å².